The fourth-order valence-corrected chi connectivity index (χ4v) is 3.56. The predicted molar refractivity (Wildman–Crippen MR) is 94.6 cm³/mol. The average molecular weight is 374 g/mol. The summed E-state index contributed by atoms with van der Waals surface area (Å²) in [4.78, 5) is 37.8. The number of fused-ring (bicyclic) bond motifs is 1. The Bertz CT molecular complexity index is 856. The molecule has 8 nitrogen and oxygen atoms in total. The molecule has 142 valence electrons. The van der Waals surface area contributed by atoms with Crippen molar-refractivity contribution < 1.29 is 23.5 Å². The van der Waals surface area contributed by atoms with E-state index in [2.05, 4.69) is 10.6 Å². The number of nitrogens with zero attached hydrogens (tertiary/aromatic N) is 2. The molecule has 2 saturated heterocycles. The van der Waals surface area contributed by atoms with Gasteiger partial charge in [0.2, 0.25) is 5.91 Å². The number of hydrogen-bond acceptors (Lipinski definition) is 4. The van der Waals surface area contributed by atoms with Gasteiger partial charge >= 0.3 is 12.1 Å². The van der Waals surface area contributed by atoms with Crippen molar-refractivity contribution in [1.82, 2.24) is 15.5 Å². The van der Waals surface area contributed by atoms with Crippen molar-refractivity contribution in [2.24, 2.45) is 0 Å². The van der Waals surface area contributed by atoms with Crippen molar-refractivity contribution >= 4 is 29.3 Å². The summed E-state index contributed by atoms with van der Waals surface area (Å²) >= 11 is 0. The standard InChI is InChI=1S/C18H19FN4O4/c1-10(24)20-7-14-9-23(18(26)27-14)12-2-3-15(16(19)5-12)11-4-13-6-21-17(25)22(13)8-11/h2-5,13-14H,6-9H2,1H3,(H,20,24)(H,21,25)/t13?,14-/m0/s1. The quantitative estimate of drug-likeness (QED) is 0.825. The third kappa shape index (κ3) is 3.20. The number of anilines is 1. The van der Waals surface area contributed by atoms with Crippen LogP contribution in [0.25, 0.3) is 5.57 Å². The van der Waals surface area contributed by atoms with Gasteiger partial charge in [0.1, 0.15) is 11.9 Å². The number of benzene rings is 1. The first kappa shape index (κ1) is 17.3. The third-order valence-electron chi connectivity index (χ3n) is 4.92. The highest BCUT2D eigenvalue weighted by atomic mass is 19.1. The summed E-state index contributed by atoms with van der Waals surface area (Å²) in [5.41, 5.74) is 1.57. The summed E-state index contributed by atoms with van der Waals surface area (Å²) in [6.07, 6.45) is 0.839. The maximum atomic E-state index is 14.7. The average Bonchev–Trinajstić information content (AvgIpc) is 3.29. The highest BCUT2D eigenvalue weighted by molar-refractivity contribution is 5.90. The summed E-state index contributed by atoms with van der Waals surface area (Å²) in [7, 11) is 0. The Hall–Kier alpha value is -3.10. The number of hydrogen-bond donors (Lipinski definition) is 2. The van der Waals surface area contributed by atoms with Gasteiger partial charge in [0.15, 0.2) is 0 Å². The van der Waals surface area contributed by atoms with Gasteiger partial charge in [-0.1, -0.05) is 6.08 Å². The maximum absolute atomic E-state index is 14.7. The molecule has 0 aromatic heterocycles. The number of halogens is 1. The van der Waals surface area contributed by atoms with Crippen LogP contribution in [0.15, 0.2) is 24.3 Å². The monoisotopic (exact) mass is 374 g/mol. The van der Waals surface area contributed by atoms with E-state index in [1.165, 1.54) is 17.9 Å². The Balaban J connectivity index is 1.49. The van der Waals surface area contributed by atoms with Gasteiger partial charge in [-0.2, -0.15) is 0 Å². The first-order valence-corrected chi connectivity index (χ1v) is 8.70. The van der Waals surface area contributed by atoms with Gasteiger partial charge in [0.25, 0.3) is 0 Å². The van der Waals surface area contributed by atoms with Crippen molar-refractivity contribution in [2.45, 2.75) is 19.1 Å². The van der Waals surface area contributed by atoms with Crippen molar-refractivity contribution in [1.29, 1.82) is 0 Å². The van der Waals surface area contributed by atoms with Gasteiger partial charge in [0.05, 0.1) is 24.8 Å². The van der Waals surface area contributed by atoms with E-state index in [1.54, 1.807) is 17.0 Å². The summed E-state index contributed by atoms with van der Waals surface area (Å²) < 4.78 is 19.9. The summed E-state index contributed by atoms with van der Waals surface area (Å²) in [6, 6.07) is 4.38. The molecular formula is C18H19FN4O4. The normalized spacial score (nSPS) is 23.9. The van der Waals surface area contributed by atoms with Crippen molar-refractivity contribution in [3.63, 3.8) is 0 Å². The largest absolute Gasteiger partial charge is 0.442 e. The number of ether oxygens (including phenoxy) is 1. The Morgan fingerprint density at radius 3 is 2.93 bits per heavy atom. The highest BCUT2D eigenvalue weighted by Gasteiger charge is 2.36. The number of cyclic esters (lactones) is 1. The van der Waals surface area contributed by atoms with Gasteiger partial charge in [0, 0.05) is 25.6 Å². The highest BCUT2D eigenvalue weighted by Crippen LogP contribution is 2.31. The Kier molecular flexibility index (Phi) is 4.21. The van der Waals surface area contributed by atoms with Crippen LogP contribution < -0.4 is 15.5 Å². The van der Waals surface area contributed by atoms with Crippen molar-refractivity contribution in [3.8, 4) is 0 Å². The topological polar surface area (TPSA) is 91.0 Å². The molecule has 1 aromatic rings. The van der Waals surface area contributed by atoms with Gasteiger partial charge in [-0.3, -0.25) is 9.69 Å². The second-order valence-electron chi connectivity index (χ2n) is 6.79. The summed E-state index contributed by atoms with van der Waals surface area (Å²) in [6.45, 7) is 2.71. The molecule has 1 unspecified atom stereocenters. The smallest absolute Gasteiger partial charge is 0.414 e. The SMILES string of the molecule is CC(=O)NC[C@H]1CN(c2ccc(C3=CC4CNC(=O)N4C3)c(F)c2)C(=O)O1. The van der Waals surface area contributed by atoms with E-state index >= 15 is 0 Å². The maximum Gasteiger partial charge on any atom is 0.414 e. The van der Waals surface area contributed by atoms with Crippen LogP contribution in [0.3, 0.4) is 0 Å². The van der Waals surface area contributed by atoms with Crippen molar-refractivity contribution in [2.75, 3.05) is 31.1 Å². The van der Waals surface area contributed by atoms with Crippen molar-refractivity contribution in [3.05, 3.63) is 35.7 Å². The van der Waals surface area contributed by atoms with E-state index in [0.29, 0.717) is 24.3 Å². The lowest BCUT2D eigenvalue weighted by Gasteiger charge is -2.16. The lowest BCUT2D eigenvalue weighted by molar-refractivity contribution is -0.119. The molecule has 1 aromatic carbocycles. The molecule has 0 bridgehead atoms. The zero-order valence-corrected chi connectivity index (χ0v) is 14.7. The lowest BCUT2D eigenvalue weighted by atomic mass is 10.0. The van der Waals surface area contributed by atoms with Crippen LogP contribution in [-0.4, -0.2) is 61.3 Å². The zero-order valence-electron chi connectivity index (χ0n) is 14.7. The van der Waals surface area contributed by atoms with Crippen LogP contribution in [-0.2, 0) is 9.53 Å². The fraction of sp³-hybridized carbons (Fsp3) is 0.389. The Morgan fingerprint density at radius 1 is 1.41 bits per heavy atom. The van der Waals surface area contributed by atoms with Crippen LogP contribution >= 0.6 is 0 Å². The molecular weight excluding hydrogens is 355 g/mol. The number of amides is 4. The van der Waals surface area contributed by atoms with Crippen LogP contribution in [0.2, 0.25) is 0 Å². The zero-order chi connectivity index (χ0) is 19.1. The number of urea groups is 1. The number of carbonyl (C=O) groups excluding carboxylic acids is 3. The van der Waals surface area contributed by atoms with Gasteiger partial charge in [-0.05, 0) is 23.8 Å². The lowest BCUT2D eigenvalue weighted by Crippen LogP contribution is -2.33. The number of rotatable bonds is 4. The summed E-state index contributed by atoms with van der Waals surface area (Å²) in [5, 5.41) is 5.34. The molecule has 9 heteroatoms. The molecule has 3 heterocycles. The van der Waals surface area contributed by atoms with Crippen LogP contribution in [0.4, 0.5) is 19.7 Å². The second-order valence-corrected chi connectivity index (χ2v) is 6.79. The van der Waals surface area contributed by atoms with Crippen LogP contribution in [0.5, 0.6) is 0 Å². The molecule has 0 spiro atoms. The van der Waals surface area contributed by atoms with E-state index in [1.807, 2.05) is 6.08 Å². The van der Waals surface area contributed by atoms with E-state index in [-0.39, 0.29) is 31.1 Å². The molecule has 0 radical (unpaired) electrons. The van der Waals surface area contributed by atoms with Crippen LogP contribution in [0.1, 0.15) is 12.5 Å². The van der Waals surface area contributed by atoms with E-state index in [9.17, 15) is 18.8 Å². The molecule has 4 rings (SSSR count). The Morgan fingerprint density at radius 2 is 2.22 bits per heavy atom. The molecule has 0 saturated carbocycles. The Labute approximate surface area is 154 Å². The minimum absolute atomic E-state index is 0.0466. The molecule has 2 atom stereocenters. The van der Waals surface area contributed by atoms with Gasteiger partial charge < -0.3 is 20.3 Å². The summed E-state index contributed by atoms with van der Waals surface area (Å²) in [5.74, 6) is -0.669. The molecule has 0 aliphatic carbocycles. The molecule has 2 fully saturated rings. The first-order valence-electron chi connectivity index (χ1n) is 8.70. The second kappa shape index (κ2) is 6.57. The minimum atomic E-state index is -0.574. The molecule has 3 aliphatic heterocycles. The van der Waals surface area contributed by atoms with E-state index in [4.69, 9.17) is 4.74 Å². The fourth-order valence-electron chi connectivity index (χ4n) is 3.56. The van der Waals surface area contributed by atoms with E-state index < -0.39 is 18.0 Å². The third-order valence-corrected chi connectivity index (χ3v) is 4.92. The van der Waals surface area contributed by atoms with Gasteiger partial charge in [-0.15, -0.1) is 0 Å². The van der Waals surface area contributed by atoms with Gasteiger partial charge in [-0.25, -0.2) is 14.0 Å². The molecule has 2 N–H and O–H groups in total. The molecule has 4 amide bonds. The molecule has 27 heavy (non-hydrogen) atoms. The predicted octanol–water partition coefficient (Wildman–Crippen LogP) is 1.08. The number of nitrogens with one attached hydrogen (secondary N) is 2. The number of carbonyl (C=O) groups is 3. The van der Waals surface area contributed by atoms with Crippen LogP contribution in [0, 0.1) is 5.82 Å². The first-order chi connectivity index (χ1) is 12.9. The molecule has 3 aliphatic rings. The minimum Gasteiger partial charge on any atom is -0.442 e. The van der Waals surface area contributed by atoms with E-state index in [0.717, 1.165) is 5.57 Å².